The summed E-state index contributed by atoms with van der Waals surface area (Å²) in [7, 11) is 0. The van der Waals surface area contributed by atoms with Gasteiger partial charge in [0.05, 0.1) is 17.1 Å². The van der Waals surface area contributed by atoms with Gasteiger partial charge in [-0.1, -0.05) is 68.1 Å². The summed E-state index contributed by atoms with van der Waals surface area (Å²) in [5.41, 5.74) is 4.14. The standard InChI is InChI=1S/C31H29F3N6O3S/c1-20(2)25-7-3-4-8-26(25)40-27(41)18-44-30(40)37-29(42)35-17-5-6-21-9-11-22(12-10-21)28-36-19-39(38-28)23-13-15-24(16-14-23)43-31(32,33)34/h3-4,7-16,19-20H,5-6,17-18H2,1-2H3,(H,35,42)/b37-30-. The minimum Gasteiger partial charge on any atom is -0.406 e. The predicted octanol–water partition coefficient (Wildman–Crippen LogP) is 6.73. The largest absolute Gasteiger partial charge is 0.573 e. The number of aryl methyl sites for hydroxylation is 1. The number of para-hydroxylation sites is 1. The van der Waals surface area contributed by atoms with Crippen molar-refractivity contribution < 1.29 is 27.5 Å². The molecule has 0 aliphatic carbocycles. The average Bonchev–Trinajstić information content (AvgIpc) is 3.62. The van der Waals surface area contributed by atoms with Crippen LogP contribution in [0.5, 0.6) is 5.75 Å². The van der Waals surface area contributed by atoms with Crippen molar-refractivity contribution in [1.29, 1.82) is 0 Å². The second-order valence-corrected chi connectivity index (χ2v) is 11.2. The monoisotopic (exact) mass is 622 g/mol. The van der Waals surface area contributed by atoms with Gasteiger partial charge in [0.25, 0.3) is 0 Å². The number of alkyl halides is 3. The van der Waals surface area contributed by atoms with Crippen LogP contribution in [-0.4, -0.2) is 50.5 Å². The van der Waals surface area contributed by atoms with E-state index in [-0.39, 0.29) is 23.3 Å². The highest BCUT2D eigenvalue weighted by Gasteiger charge is 2.32. The number of anilines is 1. The first kappa shape index (κ1) is 30.8. The Hall–Kier alpha value is -4.65. The molecule has 0 radical (unpaired) electrons. The first-order valence-electron chi connectivity index (χ1n) is 13.9. The van der Waals surface area contributed by atoms with Gasteiger partial charge >= 0.3 is 12.4 Å². The van der Waals surface area contributed by atoms with Crippen LogP contribution in [0.3, 0.4) is 0 Å². The highest BCUT2D eigenvalue weighted by Crippen LogP contribution is 2.33. The fourth-order valence-corrected chi connectivity index (χ4v) is 5.47. The average molecular weight is 623 g/mol. The molecule has 2 heterocycles. The molecule has 5 rings (SSSR count). The first-order valence-corrected chi connectivity index (χ1v) is 14.8. The zero-order valence-electron chi connectivity index (χ0n) is 23.9. The first-order chi connectivity index (χ1) is 21.1. The number of aliphatic imine (C=N–C) groups is 1. The van der Waals surface area contributed by atoms with Gasteiger partial charge in [-0.2, -0.15) is 4.99 Å². The zero-order chi connectivity index (χ0) is 31.3. The Bertz CT molecular complexity index is 1650. The second-order valence-electron chi connectivity index (χ2n) is 10.2. The molecule has 3 aromatic carbocycles. The number of halogens is 3. The number of amides is 3. The number of benzene rings is 3. The fraction of sp³-hybridized carbons (Fsp3) is 0.258. The van der Waals surface area contributed by atoms with E-state index in [1.165, 1.54) is 51.9 Å². The van der Waals surface area contributed by atoms with Crippen LogP contribution in [0.25, 0.3) is 17.1 Å². The molecular weight excluding hydrogens is 593 g/mol. The second kappa shape index (κ2) is 13.3. The number of rotatable bonds is 9. The summed E-state index contributed by atoms with van der Waals surface area (Å²) < 4.78 is 42.5. The molecule has 228 valence electrons. The Morgan fingerprint density at radius 2 is 1.80 bits per heavy atom. The summed E-state index contributed by atoms with van der Waals surface area (Å²) in [6.07, 6.45) is -1.87. The minimum absolute atomic E-state index is 0.103. The van der Waals surface area contributed by atoms with Crippen molar-refractivity contribution in [2.24, 2.45) is 4.99 Å². The van der Waals surface area contributed by atoms with Crippen LogP contribution in [0.1, 0.15) is 37.3 Å². The molecule has 1 fully saturated rings. The van der Waals surface area contributed by atoms with Crippen molar-refractivity contribution in [3.63, 3.8) is 0 Å². The Morgan fingerprint density at radius 3 is 2.50 bits per heavy atom. The molecule has 1 N–H and O–H groups in total. The van der Waals surface area contributed by atoms with E-state index in [2.05, 4.69) is 39.0 Å². The third-order valence-electron chi connectivity index (χ3n) is 6.72. The molecule has 0 spiro atoms. The van der Waals surface area contributed by atoms with Gasteiger partial charge < -0.3 is 10.1 Å². The van der Waals surface area contributed by atoms with E-state index in [0.29, 0.717) is 36.1 Å². The van der Waals surface area contributed by atoms with E-state index in [0.717, 1.165) is 22.4 Å². The molecule has 0 unspecified atom stereocenters. The van der Waals surface area contributed by atoms with Gasteiger partial charge in [0.2, 0.25) is 5.91 Å². The maximum Gasteiger partial charge on any atom is 0.573 e. The highest BCUT2D eigenvalue weighted by atomic mass is 32.2. The van der Waals surface area contributed by atoms with Gasteiger partial charge in [-0.05, 0) is 60.2 Å². The molecule has 13 heteroatoms. The number of urea groups is 1. The van der Waals surface area contributed by atoms with Crippen molar-refractivity contribution in [2.75, 3.05) is 17.2 Å². The summed E-state index contributed by atoms with van der Waals surface area (Å²) >= 11 is 1.25. The van der Waals surface area contributed by atoms with Gasteiger partial charge in [-0.15, -0.1) is 18.3 Å². The lowest BCUT2D eigenvalue weighted by Gasteiger charge is -2.21. The maximum absolute atomic E-state index is 12.6. The number of nitrogens with one attached hydrogen (secondary N) is 1. The third kappa shape index (κ3) is 7.64. The van der Waals surface area contributed by atoms with Crippen molar-refractivity contribution in [3.8, 4) is 22.8 Å². The van der Waals surface area contributed by atoms with E-state index < -0.39 is 12.4 Å². The smallest absolute Gasteiger partial charge is 0.406 e. The lowest BCUT2D eigenvalue weighted by Crippen LogP contribution is -2.32. The summed E-state index contributed by atoms with van der Waals surface area (Å²) in [6, 6.07) is 20.2. The molecule has 0 saturated carbocycles. The van der Waals surface area contributed by atoms with Crippen LogP contribution in [0.2, 0.25) is 0 Å². The lowest BCUT2D eigenvalue weighted by molar-refractivity contribution is -0.274. The highest BCUT2D eigenvalue weighted by molar-refractivity contribution is 8.15. The molecule has 1 saturated heterocycles. The molecule has 44 heavy (non-hydrogen) atoms. The normalized spacial score (nSPS) is 14.5. The number of thioether (sulfide) groups is 1. The van der Waals surface area contributed by atoms with Gasteiger partial charge in [-0.25, -0.2) is 14.5 Å². The van der Waals surface area contributed by atoms with Crippen molar-refractivity contribution in [2.45, 2.75) is 39.0 Å². The fourth-order valence-electron chi connectivity index (χ4n) is 4.62. The van der Waals surface area contributed by atoms with E-state index in [4.69, 9.17) is 0 Å². The van der Waals surface area contributed by atoms with Gasteiger partial charge in [0.15, 0.2) is 11.0 Å². The van der Waals surface area contributed by atoms with Crippen molar-refractivity contribution in [1.82, 2.24) is 20.1 Å². The predicted molar refractivity (Wildman–Crippen MR) is 163 cm³/mol. The zero-order valence-corrected chi connectivity index (χ0v) is 24.7. The van der Waals surface area contributed by atoms with E-state index in [9.17, 15) is 22.8 Å². The number of carbonyl (C=O) groups is 2. The van der Waals surface area contributed by atoms with Gasteiger partial charge in [0, 0.05) is 12.1 Å². The molecule has 1 aliphatic heterocycles. The number of amidine groups is 1. The quantitative estimate of drug-likeness (QED) is 0.208. The number of carbonyl (C=O) groups excluding carboxylic acids is 2. The third-order valence-corrected chi connectivity index (χ3v) is 7.64. The number of ether oxygens (including phenoxy) is 1. The summed E-state index contributed by atoms with van der Waals surface area (Å²) in [6.45, 7) is 4.53. The number of hydrogen-bond acceptors (Lipinski definition) is 6. The van der Waals surface area contributed by atoms with Crippen LogP contribution in [0.4, 0.5) is 23.7 Å². The molecule has 9 nitrogen and oxygen atoms in total. The minimum atomic E-state index is -4.75. The molecule has 3 amide bonds. The summed E-state index contributed by atoms with van der Waals surface area (Å²) in [5, 5.41) is 7.61. The number of nitrogens with zero attached hydrogens (tertiary/aromatic N) is 5. The van der Waals surface area contributed by atoms with Crippen LogP contribution >= 0.6 is 11.8 Å². The Kier molecular flexibility index (Phi) is 9.33. The van der Waals surface area contributed by atoms with E-state index in [1.54, 1.807) is 0 Å². The van der Waals surface area contributed by atoms with Gasteiger partial charge in [-0.3, -0.25) is 9.69 Å². The topological polar surface area (TPSA) is 102 Å². The van der Waals surface area contributed by atoms with Crippen molar-refractivity contribution in [3.05, 3.63) is 90.3 Å². The van der Waals surface area contributed by atoms with Crippen LogP contribution in [0.15, 0.2) is 84.1 Å². The van der Waals surface area contributed by atoms with Crippen LogP contribution in [0, 0.1) is 0 Å². The molecule has 0 bridgehead atoms. The lowest BCUT2D eigenvalue weighted by atomic mass is 10.0. The van der Waals surface area contributed by atoms with Crippen molar-refractivity contribution >= 4 is 34.6 Å². The number of aromatic nitrogens is 3. The maximum atomic E-state index is 12.6. The van der Waals surface area contributed by atoms with Crippen LogP contribution < -0.4 is 15.0 Å². The van der Waals surface area contributed by atoms with Crippen LogP contribution in [-0.2, 0) is 11.2 Å². The summed E-state index contributed by atoms with van der Waals surface area (Å²) in [4.78, 5) is 35.2. The SMILES string of the molecule is CC(C)c1ccccc1N1C(=O)CS/C1=N\C(=O)NCCCc1ccc(-c2ncn(-c3ccc(OC(F)(F)F)cc3)n2)cc1. The Labute approximate surface area is 256 Å². The molecule has 1 aromatic heterocycles. The number of hydrogen-bond donors (Lipinski definition) is 1. The van der Waals surface area contributed by atoms with E-state index in [1.807, 2.05) is 48.5 Å². The molecule has 4 aromatic rings. The Balaban J connectivity index is 1.12. The Morgan fingerprint density at radius 1 is 1.07 bits per heavy atom. The van der Waals surface area contributed by atoms with Gasteiger partial charge in [0.1, 0.15) is 12.1 Å². The van der Waals surface area contributed by atoms with E-state index >= 15 is 0 Å². The summed E-state index contributed by atoms with van der Waals surface area (Å²) in [5.74, 6) is 0.487. The molecular formula is C31H29F3N6O3S. The molecule has 1 aliphatic rings. The molecule has 0 atom stereocenters.